The summed E-state index contributed by atoms with van der Waals surface area (Å²) in [6.45, 7) is 7.59. The molecule has 1 saturated heterocycles. The summed E-state index contributed by atoms with van der Waals surface area (Å²) in [6, 6.07) is 0. The first-order valence-electron chi connectivity index (χ1n) is 4.98. The molecular formula is C10H17N3S. The average Bonchev–Trinajstić information content (AvgIpc) is 2.60. The zero-order valence-corrected chi connectivity index (χ0v) is 9.98. The van der Waals surface area contributed by atoms with E-state index in [1.54, 1.807) is 0 Å². The van der Waals surface area contributed by atoms with E-state index >= 15 is 0 Å². The minimum absolute atomic E-state index is 0.443. The van der Waals surface area contributed by atoms with Gasteiger partial charge in [0.15, 0.2) is 0 Å². The first-order chi connectivity index (χ1) is 6.59. The Morgan fingerprint density at radius 1 is 1.50 bits per heavy atom. The van der Waals surface area contributed by atoms with Crippen LogP contribution in [-0.2, 0) is 7.05 Å². The van der Waals surface area contributed by atoms with Gasteiger partial charge in [0.05, 0.1) is 11.1 Å². The monoisotopic (exact) mass is 211 g/mol. The van der Waals surface area contributed by atoms with Crippen LogP contribution in [0.5, 0.6) is 0 Å². The molecule has 4 heteroatoms. The van der Waals surface area contributed by atoms with Gasteiger partial charge in [0.25, 0.3) is 0 Å². The first-order valence-corrected chi connectivity index (χ1v) is 5.93. The second-order valence-corrected chi connectivity index (χ2v) is 5.49. The molecule has 3 nitrogen and oxygen atoms in total. The number of hydrogen-bond donors (Lipinski definition) is 1. The highest BCUT2D eigenvalue weighted by atomic mass is 32.2. The molecule has 2 unspecified atom stereocenters. The number of nitrogens with zero attached hydrogens (tertiary/aromatic N) is 2. The van der Waals surface area contributed by atoms with Crippen molar-refractivity contribution in [2.75, 3.05) is 6.54 Å². The summed E-state index contributed by atoms with van der Waals surface area (Å²) < 4.78 is 1.97. The Hall–Kier alpha value is -0.480. The molecule has 0 spiro atoms. The fourth-order valence-corrected chi connectivity index (χ4v) is 3.27. The summed E-state index contributed by atoms with van der Waals surface area (Å²) in [4.78, 5) is 0. The predicted octanol–water partition coefficient (Wildman–Crippen LogP) is 1.76. The second-order valence-electron chi connectivity index (χ2n) is 3.94. The van der Waals surface area contributed by atoms with E-state index in [9.17, 15) is 0 Å². The summed E-state index contributed by atoms with van der Waals surface area (Å²) in [5.41, 5.74) is 3.81. The van der Waals surface area contributed by atoms with Gasteiger partial charge in [0.1, 0.15) is 0 Å². The van der Waals surface area contributed by atoms with Gasteiger partial charge in [-0.05, 0) is 13.8 Å². The number of aromatic nitrogens is 2. The van der Waals surface area contributed by atoms with E-state index in [-0.39, 0.29) is 0 Å². The van der Waals surface area contributed by atoms with Crippen LogP contribution < -0.4 is 5.32 Å². The molecule has 2 rings (SSSR count). The van der Waals surface area contributed by atoms with Crippen LogP contribution in [0.15, 0.2) is 0 Å². The van der Waals surface area contributed by atoms with Gasteiger partial charge in [-0.3, -0.25) is 4.68 Å². The fraction of sp³-hybridized carbons (Fsp3) is 0.700. The van der Waals surface area contributed by atoms with E-state index in [1.165, 1.54) is 11.3 Å². The Balaban J connectivity index is 2.31. The molecule has 0 amide bonds. The van der Waals surface area contributed by atoms with E-state index in [4.69, 9.17) is 0 Å². The highest BCUT2D eigenvalue weighted by Crippen LogP contribution is 2.37. The van der Waals surface area contributed by atoms with Crippen molar-refractivity contribution in [2.24, 2.45) is 7.05 Å². The zero-order chi connectivity index (χ0) is 10.3. The van der Waals surface area contributed by atoms with Crippen LogP contribution >= 0.6 is 11.8 Å². The highest BCUT2D eigenvalue weighted by Gasteiger charge is 2.27. The molecule has 2 atom stereocenters. The van der Waals surface area contributed by atoms with Crippen molar-refractivity contribution in [3.63, 3.8) is 0 Å². The van der Waals surface area contributed by atoms with Gasteiger partial charge in [-0.2, -0.15) is 5.10 Å². The van der Waals surface area contributed by atoms with Crippen LogP contribution in [0.1, 0.15) is 29.2 Å². The predicted molar refractivity (Wildman–Crippen MR) is 60.5 cm³/mol. The molecule has 1 aromatic heterocycles. The van der Waals surface area contributed by atoms with Gasteiger partial charge < -0.3 is 5.32 Å². The topological polar surface area (TPSA) is 29.9 Å². The fourth-order valence-electron chi connectivity index (χ4n) is 1.94. The summed E-state index contributed by atoms with van der Waals surface area (Å²) in [5, 5.41) is 9.12. The Morgan fingerprint density at radius 2 is 2.21 bits per heavy atom. The molecule has 0 aromatic carbocycles. The number of aryl methyl sites for hydroxylation is 2. The molecule has 14 heavy (non-hydrogen) atoms. The van der Waals surface area contributed by atoms with Gasteiger partial charge in [0.2, 0.25) is 0 Å². The van der Waals surface area contributed by atoms with Gasteiger partial charge in [0, 0.05) is 30.1 Å². The molecule has 1 N–H and O–H groups in total. The molecule has 0 aliphatic carbocycles. The molecule has 0 bridgehead atoms. The van der Waals surface area contributed by atoms with Crippen molar-refractivity contribution in [2.45, 2.75) is 31.4 Å². The Bertz CT molecular complexity index is 345. The Morgan fingerprint density at radius 3 is 2.64 bits per heavy atom. The van der Waals surface area contributed by atoms with Gasteiger partial charge in [-0.15, -0.1) is 11.8 Å². The second kappa shape index (κ2) is 3.59. The molecular weight excluding hydrogens is 194 g/mol. The SMILES string of the molecule is Cc1nn(C)c(C)c1C1NCC(C)S1. The third-order valence-electron chi connectivity index (χ3n) is 2.79. The Labute approximate surface area is 89.3 Å². The Kier molecular flexibility index (Phi) is 2.58. The van der Waals surface area contributed by atoms with Crippen molar-refractivity contribution in [1.29, 1.82) is 0 Å². The minimum Gasteiger partial charge on any atom is -0.300 e. The maximum absolute atomic E-state index is 4.44. The van der Waals surface area contributed by atoms with Crippen molar-refractivity contribution in [3.8, 4) is 0 Å². The lowest BCUT2D eigenvalue weighted by atomic mass is 10.2. The number of nitrogens with one attached hydrogen (secondary N) is 1. The van der Waals surface area contributed by atoms with E-state index in [0.717, 1.165) is 12.2 Å². The summed E-state index contributed by atoms with van der Waals surface area (Å²) in [5.74, 6) is 0. The molecule has 1 aliphatic rings. The first kappa shape index (κ1) is 10.1. The normalized spacial score (nSPS) is 27.1. The van der Waals surface area contributed by atoms with Crippen LogP contribution in [0, 0.1) is 13.8 Å². The third kappa shape index (κ3) is 1.57. The van der Waals surface area contributed by atoms with E-state index in [2.05, 4.69) is 31.2 Å². The number of hydrogen-bond acceptors (Lipinski definition) is 3. The van der Waals surface area contributed by atoms with Crippen molar-refractivity contribution in [1.82, 2.24) is 15.1 Å². The summed E-state index contributed by atoms with van der Waals surface area (Å²) >= 11 is 2.00. The quantitative estimate of drug-likeness (QED) is 0.767. The molecule has 0 radical (unpaired) electrons. The molecule has 1 aromatic rings. The summed E-state index contributed by atoms with van der Waals surface area (Å²) in [7, 11) is 2.01. The molecule has 78 valence electrons. The lowest BCUT2D eigenvalue weighted by Crippen LogP contribution is -2.15. The number of thioether (sulfide) groups is 1. The maximum atomic E-state index is 4.44. The smallest absolute Gasteiger partial charge is 0.0828 e. The maximum Gasteiger partial charge on any atom is 0.0828 e. The molecule has 1 aliphatic heterocycles. The minimum atomic E-state index is 0.443. The summed E-state index contributed by atoms with van der Waals surface area (Å²) in [6.07, 6.45) is 0. The van der Waals surface area contributed by atoms with Gasteiger partial charge in [-0.1, -0.05) is 6.92 Å². The highest BCUT2D eigenvalue weighted by molar-refractivity contribution is 8.00. The zero-order valence-electron chi connectivity index (χ0n) is 9.16. The van der Waals surface area contributed by atoms with Crippen LogP contribution in [-0.4, -0.2) is 21.6 Å². The largest absolute Gasteiger partial charge is 0.300 e. The van der Waals surface area contributed by atoms with Crippen LogP contribution in [0.4, 0.5) is 0 Å². The van der Waals surface area contributed by atoms with Crippen molar-refractivity contribution < 1.29 is 0 Å². The molecule has 2 heterocycles. The molecule has 0 saturated carbocycles. The average molecular weight is 211 g/mol. The van der Waals surface area contributed by atoms with Crippen LogP contribution in [0.2, 0.25) is 0 Å². The van der Waals surface area contributed by atoms with Crippen LogP contribution in [0.3, 0.4) is 0 Å². The lowest BCUT2D eigenvalue weighted by molar-refractivity contribution is 0.705. The van der Waals surface area contributed by atoms with E-state index in [0.29, 0.717) is 10.6 Å². The van der Waals surface area contributed by atoms with Gasteiger partial charge >= 0.3 is 0 Å². The lowest BCUT2D eigenvalue weighted by Gasteiger charge is -2.10. The molecule has 1 fully saturated rings. The standard InChI is InChI=1S/C10H17N3S/c1-6-5-11-10(14-6)9-7(2)12-13(4)8(9)3/h6,10-11H,5H2,1-4H3. The van der Waals surface area contributed by atoms with Crippen LogP contribution in [0.25, 0.3) is 0 Å². The third-order valence-corrected chi connectivity index (χ3v) is 4.09. The van der Waals surface area contributed by atoms with Gasteiger partial charge in [-0.25, -0.2) is 0 Å². The van der Waals surface area contributed by atoms with Crippen molar-refractivity contribution in [3.05, 3.63) is 17.0 Å². The van der Waals surface area contributed by atoms with E-state index < -0.39 is 0 Å². The number of rotatable bonds is 1. The van der Waals surface area contributed by atoms with E-state index in [1.807, 2.05) is 23.5 Å². The van der Waals surface area contributed by atoms with Crippen molar-refractivity contribution >= 4 is 11.8 Å².